The van der Waals surface area contributed by atoms with Crippen molar-refractivity contribution in [2.75, 3.05) is 13.2 Å². The molecule has 0 N–H and O–H groups in total. The number of halogens is 1. The lowest BCUT2D eigenvalue weighted by Crippen LogP contribution is -2.16. The van der Waals surface area contributed by atoms with Crippen molar-refractivity contribution in [3.63, 3.8) is 0 Å². The van der Waals surface area contributed by atoms with Crippen molar-refractivity contribution in [1.82, 2.24) is 0 Å². The lowest BCUT2D eigenvalue weighted by atomic mass is 9.90. The zero-order chi connectivity index (χ0) is 14.4. The van der Waals surface area contributed by atoms with Crippen molar-refractivity contribution >= 4 is 22.2 Å². The van der Waals surface area contributed by atoms with E-state index in [9.17, 15) is 4.79 Å². The largest absolute Gasteiger partial charge is 0.490 e. The second-order valence-corrected chi connectivity index (χ2v) is 6.05. The minimum Gasteiger partial charge on any atom is -0.490 e. The molecule has 3 nitrogen and oxygen atoms in total. The molecule has 0 aliphatic heterocycles. The van der Waals surface area contributed by atoms with Crippen molar-refractivity contribution in [2.24, 2.45) is 5.92 Å². The third-order valence-corrected chi connectivity index (χ3v) is 4.24. The number of hydrogen-bond acceptors (Lipinski definition) is 3. The number of carbonyl (C=O) groups excluding carboxylic acids is 1. The number of hydrogen-bond donors (Lipinski definition) is 0. The maximum absolute atomic E-state index is 10.9. The quantitative estimate of drug-likeness (QED) is 0.709. The summed E-state index contributed by atoms with van der Waals surface area (Å²) in [5.74, 6) is 1.98. The zero-order valence-corrected chi connectivity index (χ0v) is 13.4. The minimum absolute atomic E-state index is 0.550. The second kappa shape index (κ2) is 7.67. The Bertz CT molecular complexity index is 453. The summed E-state index contributed by atoms with van der Waals surface area (Å²) in [6.45, 7) is 3.19. The minimum atomic E-state index is 0.550. The lowest BCUT2D eigenvalue weighted by molar-refractivity contribution is 0.112. The lowest BCUT2D eigenvalue weighted by Gasteiger charge is -2.23. The monoisotopic (exact) mass is 340 g/mol. The molecule has 1 aliphatic rings. The number of aldehydes is 1. The molecule has 0 spiro atoms. The maximum Gasteiger partial charge on any atom is 0.175 e. The van der Waals surface area contributed by atoms with Gasteiger partial charge in [0.05, 0.1) is 17.7 Å². The summed E-state index contributed by atoms with van der Waals surface area (Å²) in [6.07, 6.45) is 7.26. The summed E-state index contributed by atoms with van der Waals surface area (Å²) in [6, 6.07) is 3.50. The number of ether oxygens (including phenoxy) is 2. The second-order valence-electron chi connectivity index (χ2n) is 5.20. The summed E-state index contributed by atoms with van der Waals surface area (Å²) in [4.78, 5) is 10.9. The Morgan fingerprint density at radius 1 is 1.25 bits per heavy atom. The fourth-order valence-corrected chi connectivity index (χ4v) is 3.19. The van der Waals surface area contributed by atoms with Crippen LogP contribution in [0.2, 0.25) is 0 Å². The van der Waals surface area contributed by atoms with E-state index in [1.54, 1.807) is 12.1 Å². The van der Waals surface area contributed by atoms with E-state index in [0.717, 1.165) is 17.4 Å². The molecule has 20 heavy (non-hydrogen) atoms. The summed E-state index contributed by atoms with van der Waals surface area (Å²) < 4.78 is 12.3. The molecule has 0 radical (unpaired) electrons. The van der Waals surface area contributed by atoms with Gasteiger partial charge in [-0.1, -0.05) is 19.3 Å². The zero-order valence-electron chi connectivity index (χ0n) is 11.9. The molecule has 4 heteroatoms. The van der Waals surface area contributed by atoms with Crippen LogP contribution in [0.25, 0.3) is 0 Å². The van der Waals surface area contributed by atoms with Crippen LogP contribution in [-0.4, -0.2) is 19.5 Å². The third kappa shape index (κ3) is 3.98. The molecule has 0 aromatic heterocycles. The van der Waals surface area contributed by atoms with Crippen LogP contribution in [0.4, 0.5) is 0 Å². The van der Waals surface area contributed by atoms with Gasteiger partial charge < -0.3 is 9.47 Å². The number of carbonyl (C=O) groups is 1. The Labute approximate surface area is 128 Å². The Kier molecular flexibility index (Phi) is 5.89. The fourth-order valence-electron chi connectivity index (χ4n) is 2.61. The molecule has 0 amide bonds. The van der Waals surface area contributed by atoms with Gasteiger partial charge in [0, 0.05) is 5.56 Å². The average molecular weight is 341 g/mol. The molecule has 0 heterocycles. The van der Waals surface area contributed by atoms with Crippen LogP contribution < -0.4 is 9.47 Å². The molecule has 0 unspecified atom stereocenters. The molecule has 1 aromatic rings. The van der Waals surface area contributed by atoms with Crippen LogP contribution in [0, 0.1) is 5.92 Å². The molecule has 1 aliphatic carbocycles. The van der Waals surface area contributed by atoms with Crippen molar-refractivity contribution in [2.45, 2.75) is 39.0 Å². The van der Waals surface area contributed by atoms with E-state index in [-0.39, 0.29) is 0 Å². The van der Waals surface area contributed by atoms with Crippen LogP contribution in [0.3, 0.4) is 0 Å². The van der Waals surface area contributed by atoms with E-state index >= 15 is 0 Å². The summed E-state index contributed by atoms with van der Waals surface area (Å²) in [5, 5.41) is 0. The highest BCUT2D eigenvalue weighted by atomic mass is 79.9. The van der Waals surface area contributed by atoms with E-state index in [0.29, 0.717) is 29.6 Å². The van der Waals surface area contributed by atoms with Gasteiger partial charge in [-0.2, -0.15) is 0 Å². The number of benzene rings is 1. The molecule has 0 atom stereocenters. The molecular weight excluding hydrogens is 320 g/mol. The van der Waals surface area contributed by atoms with E-state index in [2.05, 4.69) is 15.9 Å². The highest BCUT2D eigenvalue weighted by Gasteiger charge is 2.17. The highest BCUT2D eigenvalue weighted by molar-refractivity contribution is 9.10. The third-order valence-electron chi connectivity index (χ3n) is 3.66. The van der Waals surface area contributed by atoms with Gasteiger partial charge in [0.25, 0.3) is 0 Å². The first kappa shape index (κ1) is 15.4. The first-order valence-electron chi connectivity index (χ1n) is 7.29. The first-order chi connectivity index (χ1) is 9.74. The van der Waals surface area contributed by atoms with Crippen molar-refractivity contribution in [3.05, 3.63) is 22.2 Å². The van der Waals surface area contributed by atoms with Gasteiger partial charge in [0.2, 0.25) is 0 Å². The Morgan fingerprint density at radius 3 is 2.65 bits per heavy atom. The fraction of sp³-hybridized carbons (Fsp3) is 0.562. The topological polar surface area (TPSA) is 35.5 Å². The van der Waals surface area contributed by atoms with E-state index in [1.165, 1.54) is 32.1 Å². The molecule has 2 rings (SSSR count). The molecule has 1 aromatic carbocycles. The molecular formula is C16H21BrO3. The van der Waals surface area contributed by atoms with E-state index in [4.69, 9.17) is 9.47 Å². The first-order valence-corrected chi connectivity index (χ1v) is 8.08. The van der Waals surface area contributed by atoms with Crippen LogP contribution in [-0.2, 0) is 0 Å². The van der Waals surface area contributed by atoms with Gasteiger partial charge in [0.1, 0.15) is 6.29 Å². The van der Waals surface area contributed by atoms with Crippen LogP contribution in [0.1, 0.15) is 49.4 Å². The molecule has 110 valence electrons. The van der Waals surface area contributed by atoms with E-state index in [1.807, 2.05) is 6.92 Å². The predicted molar refractivity (Wildman–Crippen MR) is 82.8 cm³/mol. The molecule has 1 saturated carbocycles. The van der Waals surface area contributed by atoms with Crippen molar-refractivity contribution < 1.29 is 14.3 Å². The number of rotatable bonds is 6. The SMILES string of the molecule is CCOc1cc(C=O)cc(Br)c1OCC1CCCCC1. The highest BCUT2D eigenvalue weighted by Crippen LogP contribution is 2.37. The van der Waals surface area contributed by atoms with Crippen molar-refractivity contribution in [1.29, 1.82) is 0 Å². The molecule has 1 fully saturated rings. The predicted octanol–water partition coefficient (Wildman–Crippen LogP) is 4.62. The normalized spacial score (nSPS) is 15.9. The Hall–Kier alpha value is -1.03. The summed E-state index contributed by atoms with van der Waals surface area (Å²) in [5.41, 5.74) is 0.588. The van der Waals surface area contributed by atoms with Crippen LogP contribution in [0.15, 0.2) is 16.6 Å². The molecule has 0 bridgehead atoms. The van der Waals surface area contributed by atoms with Gasteiger partial charge in [-0.15, -0.1) is 0 Å². The Balaban J connectivity index is 2.10. The van der Waals surface area contributed by atoms with E-state index < -0.39 is 0 Å². The van der Waals surface area contributed by atoms with Gasteiger partial charge in [-0.05, 0) is 53.7 Å². The summed E-state index contributed by atoms with van der Waals surface area (Å²) >= 11 is 3.47. The Morgan fingerprint density at radius 2 is 2.00 bits per heavy atom. The average Bonchev–Trinajstić information content (AvgIpc) is 2.47. The van der Waals surface area contributed by atoms with Crippen LogP contribution >= 0.6 is 15.9 Å². The van der Waals surface area contributed by atoms with Crippen molar-refractivity contribution in [3.8, 4) is 11.5 Å². The van der Waals surface area contributed by atoms with Gasteiger partial charge in [0.15, 0.2) is 11.5 Å². The van der Waals surface area contributed by atoms with Crippen LogP contribution in [0.5, 0.6) is 11.5 Å². The standard InChI is InChI=1S/C16H21BrO3/c1-2-19-15-9-13(10-18)8-14(17)16(15)20-11-12-6-4-3-5-7-12/h8-10,12H,2-7,11H2,1H3. The summed E-state index contributed by atoms with van der Waals surface area (Å²) in [7, 11) is 0. The van der Waals surface area contributed by atoms with Gasteiger partial charge in [-0.25, -0.2) is 0 Å². The molecule has 0 saturated heterocycles. The maximum atomic E-state index is 10.9. The van der Waals surface area contributed by atoms with Gasteiger partial charge >= 0.3 is 0 Å². The van der Waals surface area contributed by atoms with Gasteiger partial charge in [-0.3, -0.25) is 4.79 Å². The smallest absolute Gasteiger partial charge is 0.175 e.